The second-order valence-corrected chi connectivity index (χ2v) is 6.96. The number of para-hydroxylation sites is 2. The average Bonchev–Trinajstić information content (AvgIpc) is 3.14. The minimum Gasteiger partial charge on any atom is -0.495 e. The Labute approximate surface area is 173 Å². The molecule has 0 radical (unpaired) electrons. The minimum atomic E-state index is -1.04. The maximum atomic E-state index is 12.5. The van der Waals surface area contributed by atoms with Gasteiger partial charge in [0.1, 0.15) is 5.75 Å². The lowest BCUT2D eigenvalue weighted by atomic mass is 10.2. The van der Waals surface area contributed by atoms with Crippen LogP contribution in [-0.4, -0.2) is 37.5 Å². The Morgan fingerprint density at radius 2 is 1.97 bits per heavy atom. The molecule has 0 bridgehead atoms. The van der Waals surface area contributed by atoms with Gasteiger partial charge in [0.15, 0.2) is 6.10 Å². The van der Waals surface area contributed by atoms with E-state index in [1.165, 1.54) is 26.2 Å². The highest BCUT2D eigenvalue weighted by molar-refractivity contribution is 6.34. The van der Waals surface area contributed by atoms with Crippen molar-refractivity contribution in [2.45, 2.75) is 25.9 Å². The number of halogens is 1. The lowest BCUT2D eigenvalue weighted by Gasteiger charge is -2.19. The number of hydrogen-bond acceptors (Lipinski definition) is 5. The van der Waals surface area contributed by atoms with Gasteiger partial charge in [0.05, 0.1) is 29.1 Å². The number of hydrogen-bond donors (Lipinski definition) is 1. The van der Waals surface area contributed by atoms with Crippen molar-refractivity contribution < 1.29 is 23.9 Å². The van der Waals surface area contributed by atoms with Crippen LogP contribution < -0.4 is 15.0 Å². The van der Waals surface area contributed by atoms with Gasteiger partial charge < -0.3 is 19.7 Å². The highest BCUT2D eigenvalue weighted by Gasteiger charge is 2.26. The van der Waals surface area contributed by atoms with E-state index in [2.05, 4.69) is 5.32 Å². The SMILES string of the molecule is COc1ccccc1NC(=O)[C@H](C)OC(=O)c1ccc(Cl)c(N2CCCC2=O)c1. The summed E-state index contributed by atoms with van der Waals surface area (Å²) in [5.41, 5.74) is 1.15. The lowest BCUT2D eigenvalue weighted by Crippen LogP contribution is -2.30. The molecule has 2 aromatic rings. The molecule has 1 aliphatic heterocycles. The van der Waals surface area contributed by atoms with Crippen LogP contribution >= 0.6 is 11.6 Å². The topological polar surface area (TPSA) is 84.9 Å². The number of anilines is 2. The Balaban J connectivity index is 1.69. The molecule has 0 aliphatic carbocycles. The van der Waals surface area contributed by atoms with E-state index in [1.807, 2.05) is 0 Å². The van der Waals surface area contributed by atoms with Crippen molar-refractivity contribution in [3.05, 3.63) is 53.1 Å². The number of ether oxygens (including phenoxy) is 2. The highest BCUT2D eigenvalue weighted by Crippen LogP contribution is 2.31. The van der Waals surface area contributed by atoms with E-state index in [1.54, 1.807) is 35.2 Å². The van der Waals surface area contributed by atoms with Gasteiger partial charge in [-0.3, -0.25) is 9.59 Å². The molecule has 8 heteroatoms. The lowest BCUT2D eigenvalue weighted by molar-refractivity contribution is -0.123. The first-order chi connectivity index (χ1) is 13.9. The van der Waals surface area contributed by atoms with Gasteiger partial charge in [-0.25, -0.2) is 4.79 Å². The summed E-state index contributed by atoms with van der Waals surface area (Å²) in [7, 11) is 1.50. The molecule has 1 atom stereocenters. The molecule has 0 unspecified atom stereocenters. The summed E-state index contributed by atoms with van der Waals surface area (Å²) in [6.45, 7) is 2.03. The van der Waals surface area contributed by atoms with Crippen LogP contribution in [0.15, 0.2) is 42.5 Å². The molecular weight excluding hydrogens is 396 g/mol. The van der Waals surface area contributed by atoms with Crippen molar-refractivity contribution in [3.63, 3.8) is 0 Å². The maximum Gasteiger partial charge on any atom is 0.338 e. The molecule has 0 saturated carbocycles. The van der Waals surface area contributed by atoms with Gasteiger partial charge in [0, 0.05) is 13.0 Å². The summed E-state index contributed by atoms with van der Waals surface area (Å²) in [4.78, 5) is 38.5. The zero-order valence-corrected chi connectivity index (χ0v) is 16.9. The summed E-state index contributed by atoms with van der Waals surface area (Å²) in [6, 6.07) is 11.5. The number of carbonyl (C=O) groups excluding carboxylic acids is 3. The molecule has 1 fully saturated rings. The fraction of sp³-hybridized carbons (Fsp3) is 0.286. The Morgan fingerprint density at radius 3 is 2.66 bits per heavy atom. The molecule has 152 valence electrons. The highest BCUT2D eigenvalue weighted by atomic mass is 35.5. The summed E-state index contributed by atoms with van der Waals surface area (Å²) >= 11 is 6.20. The Kier molecular flexibility index (Phi) is 6.39. The quantitative estimate of drug-likeness (QED) is 0.726. The first-order valence-electron chi connectivity index (χ1n) is 9.15. The number of carbonyl (C=O) groups is 3. The van der Waals surface area contributed by atoms with Crippen molar-refractivity contribution >= 4 is 40.8 Å². The molecule has 0 spiro atoms. The van der Waals surface area contributed by atoms with E-state index < -0.39 is 18.0 Å². The molecule has 2 amide bonds. The van der Waals surface area contributed by atoms with Crippen LogP contribution in [0.25, 0.3) is 0 Å². The van der Waals surface area contributed by atoms with Crippen LogP contribution in [0.3, 0.4) is 0 Å². The maximum absolute atomic E-state index is 12.5. The number of benzene rings is 2. The predicted molar refractivity (Wildman–Crippen MR) is 110 cm³/mol. The molecule has 1 heterocycles. The van der Waals surface area contributed by atoms with Crippen LogP contribution in [0.2, 0.25) is 5.02 Å². The predicted octanol–water partition coefficient (Wildman–Crippen LogP) is 3.66. The monoisotopic (exact) mass is 416 g/mol. The van der Waals surface area contributed by atoms with Gasteiger partial charge in [-0.05, 0) is 43.7 Å². The third-order valence-corrected chi connectivity index (χ3v) is 4.88. The van der Waals surface area contributed by atoms with E-state index in [9.17, 15) is 14.4 Å². The Morgan fingerprint density at radius 1 is 1.21 bits per heavy atom. The van der Waals surface area contributed by atoms with Gasteiger partial charge in [-0.15, -0.1) is 0 Å². The molecular formula is C21H21ClN2O5. The minimum absolute atomic E-state index is 0.0398. The van der Waals surface area contributed by atoms with Gasteiger partial charge >= 0.3 is 5.97 Å². The Bertz CT molecular complexity index is 946. The van der Waals surface area contributed by atoms with Gasteiger partial charge in [0.25, 0.3) is 5.91 Å². The van der Waals surface area contributed by atoms with Gasteiger partial charge in [0.2, 0.25) is 5.91 Å². The smallest absolute Gasteiger partial charge is 0.338 e. The normalized spacial score (nSPS) is 14.4. The molecule has 7 nitrogen and oxygen atoms in total. The second kappa shape index (κ2) is 8.96. The van der Waals surface area contributed by atoms with Crippen molar-refractivity contribution in [2.24, 2.45) is 0 Å². The molecule has 0 aromatic heterocycles. The van der Waals surface area contributed by atoms with Gasteiger partial charge in [-0.2, -0.15) is 0 Å². The first kappa shape index (κ1) is 20.7. The van der Waals surface area contributed by atoms with Crippen LogP contribution in [0.5, 0.6) is 5.75 Å². The first-order valence-corrected chi connectivity index (χ1v) is 9.53. The van der Waals surface area contributed by atoms with E-state index in [0.717, 1.165) is 6.42 Å². The zero-order valence-electron chi connectivity index (χ0n) is 16.1. The molecule has 29 heavy (non-hydrogen) atoms. The summed E-state index contributed by atoms with van der Waals surface area (Å²) in [5.74, 6) is -0.719. The van der Waals surface area contributed by atoms with Crippen molar-refractivity contribution in [1.29, 1.82) is 0 Å². The molecule has 1 saturated heterocycles. The van der Waals surface area contributed by atoms with Gasteiger partial charge in [-0.1, -0.05) is 23.7 Å². The standard InChI is InChI=1S/C21H21ClN2O5/c1-13(20(26)23-16-6-3-4-7-18(16)28-2)29-21(27)14-9-10-15(22)17(12-14)24-11-5-8-19(24)25/h3-4,6-7,9-10,12-13H,5,8,11H2,1-2H3,(H,23,26)/t13-/m0/s1. The van der Waals surface area contributed by atoms with Crippen LogP contribution in [-0.2, 0) is 14.3 Å². The Hall–Kier alpha value is -3.06. The van der Waals surface area contributed by atoms with Crippen molar-refractivity contribution in [3.8, 4) is 5.75 Å². The van der Waals surface area contributed by atoms with Crippen molar-refractivity contribution in [2.75, 3.05) is 23.9 Å². The van der Waals surface area contributed by atoms with E-state index in [4.69, 9.17) is 21.1 Å². The molecule has 2 aromatic carbocycles. The van der Waals surface area contributed by atoms with Crippen LogP contribution in [0, 0.1) is 0 Å². The third-order valence-electron chi connectivity index (χ3n) is 4.56. The number of rotatable bonds is 6. The third kappa shape index (κ3) is 4.68. The largest absolute Gasteiger partial charge is 0.495 e. The summed E-state index contributed by atoms with van der Waals surface area (Å²) in [6.07, 6.45) is 0.148. The second-order valence-electron chi connectivity index (χ2n) is 6.55. The van der Waals surface area contributed by atoms with E-state index in [0.29, 0.717) is 35.1 Å². The number of nitrogens with one attached hydrogen (secondary N) is 1. The zero-order chi connectivity index (χ0) is 21.0. The van der Waals surface area contributed by atoms with Crippen LogP contribution in [0.4, 0.5) is 11.4 Å². The number of methoxy groups -OCH3 is 1. The summed E-state index contributed by atoms with van der Waals surface area (Å²) < 4.78 is 10.5. The molecule has 3 rings (SSSR count). The number of nitrogens with zero attached hydrogens (tertiary/aromatic N) is 1. The van der Waals surface area contributed by atoms with Crippen molar-refractivity contribution in [1.82, 2.24) is 0 Å². The van der Waals surface area contributed by atoms with E-state index >= 15 is 0 Å². The van der Waals surface area contributed by atoms with Crippen LogP contribution in [0.1, 0.15) is 30.1 Å². The fourth-order valence-electron chi connectivity index (χ4n) is 3.01. The number of esters is 1. The summed E-state index contributed by atoms with van der Waals surface area (Å²) in [5, 5.41) is 3.05. The van der Waals surface area contributed by atoms with E-state index in [-0.39, 0.29) is 11.5 Å². The average molecular weight is 417 g/mol. The molecule has 1 N–H and O–H groups in total. The molecule has 1 aliphatic rings. The fourth-order valence-corrected chi connectivity index (χ4v) is 3.23. The number of amides is 2.